The van der Waals surface area contributed by atoms with E-state index >= 15 is 0 Å². The van der Waals surface area contributed by atoms with E-state index in [2.05, 4.69) is 15.9 Å². The topological polar surface area (TPSA) is 38.8 Å². The maximum Gasteiger partial charge on any atom is 0.266 e. The molecule has 0 saturated carbocycles. The second kappa shape index (κ2) is 8.91. The Kier molecular flexibility index (Phi) is 6.57. The van der Waals surface area contributed by atoms with Crippen molar-refractivity contribution in [1.29, 1.82) is 0 Å². The molecule has 0 unspecified atom stereocenters. The van der Waals surface area contributed by atoms with Crippen molar-refractivity contribution in [1.82, 2.24) is 4.90 Å². The fraction of sp³-hybridized carbons (Fsp3) is 0.200. The number of thiocarbonyl (C=S) groups is 1. The molecule has 7 heteroatoms. The van der Waals surface area contributed by atoms with E-state index in [1.807, 2.05) is 55.5 Å². The van der Waals surface area contributed by atoms with Gasteiger partial charge in [-0.15, -0.1) is 0 Å². The predicted molar refractivity (Wildman–Crippen MR) is 117 cm³/mol. The van der Waals surface area contributed by atoms with Crippen molar-refractivity contribution in [2.24, 2.45) is 0 Å². The van der Waals surface area contributed by atoms with Gasteiger partial charge in [-0.25, -0.2) is 0 Å². The van der Waals surface area contributed by atoms with Gasteiger partial charge in [0.25, 0.3) is 5.91 Å². The van der Waals surface area contributed by atoms with Crippen LogP contribution in [-0.2, 0) is 11.3 Å². The smallest absolute Gasteiger partial charge is 0.266 e. The first-order valence-corrected chi connectivity index (χ1v) is 10.3. The highest BCUT2D eigenvalue weighted by atomic mass is 79.9. The van der Waals surface area contributed by atoms with Gasteiger partial charge < -0.3 is 9.47 Å². The van der Waals surface area contributed by atoms with E-state index in [1.165, 1.54) is 11.8 Å². The van der Waals surface area contributed by atoms with Crippen LogP contribution in [0, 0.1) is 0 Å². The Morgan fingerprint density at radius 3 is 2.67 bits per heavy atom. The largest absolute Gasteiger partial charge is 0.492 e. The van der Waals surface area contributed by atoms with Crippen LogP contribution in [0.4, 0.5) is 0 Å². The van der Waals surface area contributed by atoms with Gasteiger partial charge in [0, 0.05) is 0 Å². The van der Waals surface area contributed by atoms with E-state index in [1.54, 1.807) is 12.0 Å². The summed E-state index contributed by atoms with van der Waals surface area (Å²) in [5, 5.41) is 0. The molecule has 2 aromatic rings. The molecule has 27 heavy (non-hydrogen) atoms. The van der Waals surface area contributed by atoms with Crippen LogP contribution in [0.2, 0.25) is 0 Å². The molecule has 1 saturated heterocycles. The van der Waals surface area contributed by atoms with Gasteiger partial charge in [0.15, 0.2) is 11.5 Å². The van der Waals surface area contributed by atoms with Crippen LogP contribution < -0.4 is 9.47 Å². The average Bonchev–Trinajstić information content (AvgIpc) is 2.90. The van der Waals surface area contributed by atoms with Crippen LogP contribution in [0.1, 0.15) is 18.1 Å². The van der Waals surface area contributed by atoms with Crippen molar-refractivity contribution in [2.75, 3.05) is 13.7 Å². The Morgan fingerprint density at radius 1 is 1.26 bits per heavy atom. The van der Waals surface area contributed by atoms with Crippen molar-refractivity contribution in [3.05, 3.63) is 63.0 Å². The normalized spacial score (nSPS) is 15.5. The quantitative estimate of drug-likeness (QED) is 0.431. The van der Waals surface area contributed by atoms with Gasteiger partial charge in [-0.05, 0) is 52.2 Å². The number of carbonyl (C=O) groups excluding carboxylic acids is 1. The minimum Gasteiger partial charge on any atom is -0.492 e. The molecule has 2 aromatic carbocycles. The van der Waals surface area contributed by atoms with Crippen LogP contribution in [-0.4, -0.2) is 28.8 Å². The van der Waals surface area contributed by atoms with Gasteiger partial charge in [0.2, 0.25) is 0 Å². The van der Waals surface area contributed by atoms with Crippen molar-refractivity contribution in [3.63, 3.8) is 0 Å². The summed E-state index contributed by atoms with van der Waals surface area (Å²) < 4.78 is 12.4. The predicted octanol–water partition coefficient (Wildman–Crippen LogP) is 5.26. The van der Waals surface area contributed by atoms with Gasteiger partial charge in [0.1, 0.15) is 4.32 Å². The number of ether oxygens (including phenoxy) is 2. The number of amides is 1. The van der Waals surface area contributed by atoms with Gasteiger partial charge >= 0.3 is 0 Å². The molecule has 0 radical (unpaired) electrons. The number of halogens is 1. The third-order valence-electron chi connectivity index (χ3n) is 3.89. The highest BCUT2D eigenvalue weighted by molar-refractivity contribution is 9.10. The summed E-state index contributed by atoms with van der Waals surface area (Å²) in [4.78, 5) is 15.0. The molecule has 0 N–H and O–H groups in total. The van der Waals surface area contributed by atoms with Crippen LogP contribution in [0.25, 0.3) is 6.08 Å². The molecular weight excluding hydrogens is 446 g/mol. The Hall–Kier alpha value is -1.83. The molecule has 0 aliphatic carbocycles. The second-order valence-electron chi connectivity index (χ2n) is 5.72. The maximum absolute atomic E-state index is 12.8. The minimum atomic E-state index is -0.0845. The summed E-state index contributed by atoms with van der Waals surface area (Å²) >= 11 is 10.2. The Morgan fingerprint density at radius 2 is 2.00 bits per heavy atom. The highest BCUT2D eigenvalue weighted by Crippen LogP contribution is 2.39. The molecule has 1 aliphatic heterocycles. The Balaban J connectivity index is 1.87. The Bertz CT molecular complexity index is 900. The molecule has 1 amide bonds. The highest BCUT2D eigenvalue weighted by Gasteiger charge is 2.32. The van der Waals surface area contributed by atoms with Crippen LogP contribution in [0.3, 0.4) is 0 Å². The lowest BCUT2D eigenvalue weighted by Crippen LogP contribution is -2.27. The zero-order chi connectivity index (χ0) is 19.4. The van der Waals surface area contributed by atoms with Gasteiger partial charge in [-0.3, -0.25) is 9.69 Å². The molecule has 0 bridgehead atoms. The molecule has 1 fully saturated rings. The van der Waals surface area contributed by atoms with E-state index in [4.69, 9.17) is 21.7 Å². The number of rotatable bonds is 6. The molecule has 0 spiro atoms. The third-order valence-corrected chi connectivity index (χ3v) is 5.86. The average molecular weight is 464 g/mol. The summed E-state index contributed by atoms with van der Waals surface area (Å²) in [5.41, 5.74) is 1.88. The summed E-state index contributed by atoms with van der Waals surface area (Å²) in [6, 6.07) is 13.6. The van der Waals surface area contributed by atoms with Gasteiger partial charge in [-0.1, -0.05) is 54.3 Å². The minimum absolute atomic E-state index is 0.0845. The van der Waals surface area contributed by atoms with Gasteiger partial charge in [0.05, 0.1) is 29.6 Å². The van der Waals surface area contributed by atoms with Crippen LogP contribution >= 0.6 is 39.9 Å². The zero-order valence-electron chi connectivity index (χ0n) is 14.9. The number of hydrogen-bond acceptors (Lipinski definition) is 5. The van der Waals surface area contributed by atoms with Crippen LogP contribution in [0.15, 0.2) is 51.8 Å². The van der Waals surface area contributed by atoms with Gasteiger partial charge in [-0.2, -0.15) is 0 Å². The molecule has 1 heterocycles. The molecule has 3 rings (SSSR count). The van der Waals surface area contributed by atoms with Crippen molar-refractivity contribution >= 4 is 56.2 Å². The van der Waals surface area contributed by atoms with Crippen molar-refractivity contribution in [2.45, 2.75) is 13.5 Å². The third kappa shape index (κ3) is 4.54. The van der Waals surface area contributed by atoms with E-state index in [0.717, 1.165) is 15.6 Å². The first-order chi connectivity index (χ1) is 13.0. The number of hydrogen-bond donors (Lipinski definition) is 0. The van der Waals surface area contributed by atoms with Crippen LogP contribution in [0.5, 0.6) is 11.5 Å². The monoisotopic (exact) mass is 463 g/mol. The number of nitrogens with zero attached hydrogens (tertiary/aromatic N) is 1. The zero-order valence-corrected chi connectivity index (χ0v) is 18.1. The second-order valence-corrected chi connectivity index (χ2v) is 8.25. The molecule has 1 aliphatic rings. The summed E-state index contributed by atoms with van der Waals surface area (Å²) in [6.45, 7) is 2.90. The summed E-state index contributed by atoms with van der Waals surface area (Å²) in [6.07, 6.45) is 1.83. The fourth-order valence-corrected chi connectivity index (χ4v) is 4.56. The van der Waals surface area contributed by atoms with E-state index in [9.17, 15) is 4.79 Å². The summed E-state index contributed by atoms with van der Waals surface area (Å²) in [7, 11) is 1.59. The molecule has 0 atom stereocenters. The number of methoxy groups -OCH3 is 1. The molecule has 0 aromatic heterocycles. The first kappa shape index (κ1) is 19.9. The lowest BCUT2D eigenvalue weighted by molar-refractivity contribution is -0.122. The number of thioether (sulfide) groups is 1. The number of benzene rings is 2. The molecule has 4 nitrogen and oxygen atoms in total. The Labute approximate surface area is 176 Å². The lowest BCUT2D eigenvalue weighted by atomic mass is 10.1. The fourth-order valence-electron chi connectivity index (χ4n) is 2.69. The van der Waals surface area contributed by atoms with E-state index < -0.39 is 0 Å². The van der Waals surface area contributed by atoms with Crippen molar-refractivity contribution < 1.29 is 14.3 Å². The summed E-state index contributed by atoms with van der Waals surface area (Å²) in [5.74, 6) is 1.17. The van der Waals surface area contributed by atoms with E-state index in [0.29, 0.717) is 33.9 Å². The maximum atomic E-state index is 12.8. The number of carbonyl (C=O) groups is 1. The molecular formula is C20H18BrNO3S2. The lowest BCUT2D eigenvalue weighted by Gasteiger charge is -2.14. The van der Waals surface area contributed by atoms with Crippen molar-refractivity contribution in [3.8, 4) is 11.5 Å². The SMILES string of the molecule is CCOc1cc(/C=C2\SC(=S)N(Cc3ccccc3)C2=O)cc(Br)c1OC. The standard InChI is InChI=1S/C20H18BrNO3S2/c1-3-25-16-10-14(9-15(21)18(16)24-2)11-17-19(23)22(20(26)27-17)12-13-7-5-4-6-8-13/h4-11H,3,12H2,1-2H3/b17-11-. The van der Waals surface area contributed by atoms with E-state index in [-0.39, 0.29) is 5.91 Å². The first-order valence-electron chi connectivity index (χ1n) is 8.33. The molecule has 140 valence electrons.